The van der Waals surface area contributed by atoms with Crippen LogP contribution in [0.2, 0.25) is 0 Å². The van der Waals surface area contributed by atoms with Crippen molar-refractivity contribution in [2.45, 2.75) is 33.8 Å². The van der Waals surface area contributed by atoms with E-state index in [1.165, 1.54) is 0 Å². The van der Waals surface area contributed by atoms with Gasteiger partial charge in [0, 0.05) is 9.89 Å². The van der Waals surface area contributed by atoms with E-state index >= 15 is 0 Å². The van der Waals surface area contributed by atoms with Gasteiger partial charge in [-0.25, -0.2) is 0 Å². The number of ether oxygens (including phenoxy) is 1. The summed E-state index contributed by atoms with van der Waals surface area (Å²) in [6.07, 6.45) is -0.802. The van der Waals surface area contributed by atoms with Gasteiger partial charge < -0.3 is 10.1 Å². The second-order valence-electron chi connectivity index (χ2n) is 6.19. The quantitative estimate of drug-likeness (QED) is 0.654. The summed E-state index contributed by atoms with van der Waals surface area (Å²) in [5.41, 5.74) is 3.89. The minimum absolute atomic E-state index is 0.225. The van der Waals surface area contributed by atoms with E-state index in [0.717, 1.165) is 4.47 Å². The number of carbonyl (C=O) groups is 3. The fraction of sp³-hybridized carbons (Fsp3) is 0.438. The maximum absolute atomic E-state index is 11.9. The molecule has 0 spiro atoms. The molecule has 0 heterocycles. The highest BCUT2D eigenvalue weighted by Gasteiger charge is 2.21. The Morgan fingerprint density at radius 2 is 1.88 bits per heavy atom. The van der Waals surface area contributed by atoms with Crippen molar-refractivity contribution < 1.29 is 19.1 Å². The van der Waals surface area contributed by atoms with Gasteiger partial charge in [-0.2, -0.15) is 0 Å². The van der Waals surface area contributed by atoms with Crippen LogP contribution >= 0.6 is 15.9 Å². The fourth-order valence-electron chi connectivity index (χ4n) is 1.50. The van der Waals surface area contributed by atoms with Crippen molar-refractivity contribution in [3.8, 4) is 5.75 Å². The zero-order valence-electron chi connectivity index (χ0n) is 14.1. The standard InChI is InChI=1S/C16H22BrN3O4/c1-10(24-12-7-5-6-11(17)8-12)14(22)20-19-13(21)9-18-15(23)16(2,3)4/h5-8,10H,9H2,1-4H3,(H,18,23)(H,19,21)(H,20,22)/t10-/m1/s1. The van der Waals surface area contributed by atoms with Crippen LogP contribution in [0.4, 0.5) is 0 Å². The average Bonchev–Trinajstić information content (AvgIpc) is 2.49. The van der Waals surface area contributed by atoms with E-state index in [2.05, 4.69) is 32.1 Å². The number of amides is 3. The molecule has 0 radical (unpaired) electrons. The Morgan fingerprint density at radius 1 is 1.21 bits per heavy atom. The Kier molecular flexibility index (Phi) is 7.21. The number of benzene rings is 1. The van der Waals surface area contributed by atoms with E-state index in [4.69, 9.17) is 4.74 Å². The van der Waals surface area contributed by atoms with Gasteiger partial charge in [0.2, 0.25) is 5.91 Å². The average molecular weight is 400 g/mol. The van der Waals surface area contributed by atoms with Gasteiger partial charge in [-0.15, -0.1) is 0 Å². The first-order valence-corrected chi connectivity index (χ1v) is 8.18. The molecular weight excluding hydrogens is 378 g/mol. The molecule has 3 N–H and O–H groups in total. The van der Waals surface area contributed by atoms with Crippen LogP contribution in [0.25, 0.3) is 0 Å². The van der Waals surface area contributed by atoms with Crippen molar-refractivity contribution in [3.63, 3.8) is 0 Å². The van der Waals surface area contributed by atoms with Crippen molar-refractivity contribution in [1.82, 2.24) is 16.2 Å². The lowest BCUT2D eigenvalue weighted by molar-refractivity contribution is -0.134. The Bertz CT molecular complexity index is 614. The normalized spacial score (nSPS) is 12.0. The second-order valence-corrected chi connectivity index (χ2v) is 7.10. The first-order chi connectivity index (χ1) is 11.1. The molecule has 0 fully saturated rings. The monoisotopic (exact) mass is 399 g/mol. The second kappa shape index (κ2) is 8.68. The lowest BCUT2D eigenvalue weighted by Gasteiger charge is -2.18. The van der Waals surface area contributed by atoms with Crippen molar-refractivity contribution >= 4 is 33.7 Å². The number of nitrogens with one attached hydrogen (secondary N) is 3. The molecule has 132 valence electrons. The Morgan fingerprint density at radius 3 is 2.46 bits per heavy atom. The molecule has 0 aliphatic rings. The van der Waals surface area contributed by atoms with E-state index < -0.39 is 23.3 Å². The molecule has 0 aromatic heterocycles. The first kappa shape index (κ1) is 20.0. The third-order valence-corrected chi connectivity index (χ3v) is 3.39. The highest BCUT2D eigenvalue weighted by Crippen LogP contribution is 2.18. The molecule has 8 heteroatoms. The summed E-state index contributed by atoms with van der Waals surface area (Å²) in [5, 5.41) is 2.48. The molecular formula is C16H22BrN3O4. The third kappa shape index (κ3) is 6.99. The van der Waals surface area contributed by atoms with E-state index in [9.17, 15) is 14.4 Å². The molecule has 24 heavy (non-hydrogen) atoms. The Labute approximate surface area is 149 Å². The van der Waals surface area contributed by atoms with Gasteiger partial charge in [-0.05, 0) is 25.1 Å². The van der Waals surface area contributed by atoms with Gasteiger partial charge in [0.1, 0.15) is 5.75 Å². The van der Waals surface area contributed by atoms with Crippen LogP contribution in [0.15, 0.2) is 28.7 Å². The van der Waals surface area contributed by atoms with Gasteiger partial charge in [0.05, 0.1) is 6.54 Å². The Hall–Kier alpha value is -2.09. The molecule has 1 rings (SSSR count). The smallest absolute Gasteiger partial charge is 0.279 e. The number of carbonyl (C=O) groups excluding carboxylic acids is 3. The van der Waals surface area contributed by atoms with Crippen molar-refractivity contribution in [3.05, 3.63) is 28.7 Å². The minimum atomic E-state index is -0.802. The lowest BCUT2D eigenvalue weighted by Crippen LogP contribution is -2.50. The summed E-state index contributed by atoms with van der Waals surface area (Å²) in [7, 11) is 0. The molecule has 7 nitrogen and oxygen atoms in total. The van der Waals surface area contributed by atoms with Crippen LogP contribution in [0.5, 0.6) is 5.75 Å². The lowest BCUT2D eigenvalue weighted by atomic mass is 9.96. The zero-order chi connectivity index (χ0) is 18.3. The summed E-state index contributed by atoms with van der Waals surface area (Å²) >= 11 is 3.31. The summed E-state index contributed by atoms with van der Waals surface area (Å²) in [5.74, 6) is -0.771. The summed E-state index contributed by atoms with van der Waals surface area (Å²) < 4.78 is 6.30. The van der Waals surface area contributed by atoms with Gasteiger partial charge >= 0.3 is 0 Å². The first-order valence-electron chi connectivity index (χ1n) is 7.39. The van der Waals surface area contributed by atoms with E-state index in [0.29, 0.717) is 5.75 Å². The SMILES string of the molecule is C[C@@H](Oc1cccc(Br)c1)C(=O)NNC(=O)CNC(=O)C(C)(C)C. The van der Waals surface area contributed by atoms with Crippen LogP contribution in [0.1, 0.15) is 27.7 Å². The molecule has 1 atom stereocenters. The topological polar surface area (TPSA) is 96.5 Å². The number of halogens is 1. The van der Waals surface area contributed by atoms with Gasteiger partial charge in [0.15, 0.2) is 6.10 Å². The zero-order valence-corrected chi connectivity index (χ0v) is 15.7. The molecule has 0 unspecified atom stereocenters. The number of hydrogen-bond acceptors (Lipinski definition) is 4. The fourth-order valence-corrected chi connectivity index (χ4v) is 1.88. The van der Waals surface area contributed by atoms with Gasteiger partial charge in [-0.1, -0.05) is 42.8 Å². The van der Waals surface area contributed by atoms with Crippen LogP contribution in [0, 0.1) is 5.41 Å². The van der Waals surface area contributed by atoms with E-state index in [1.54, 1.807) is 45.9 Å². The van der Waals surface area contributed by atoms with Gasteiger partial charge in [-0.3, -0.25) is 25.2 Å². The summed E-state index contributed by atoms with van der Waals surface area (Å²) in [4.78, 5) is 35.1. The Balaban J connectivity index is 2.37. The molecule has 0 bridgehead atoms. The molecule has 3 amide bonds. The number of hydrogen-bond donors (Lipinski definition) is 3. The number of hydrazine groups is 1. The highest BCUT2D eigenvalue weighted by atomic mass is 79.9. The number of rotatable bonds is 5. The molecule has 0 saturated heterocycles. The maximum atomic E-state index is 11.9. The largest absolute Gasteiger partial charge is 0.481 e. The third-order valence-electron chi connectivity index (χ3n) is 2.89. The molecule has 0 saturated carbocycles. The van der Waals surface area contributed by atoms with E-state index in [1.807, 2.05) is 6.07 Å². The van der Waals surface area contributed by atoms with Crippen molar-refractivity contribution in [2.75, 3.05) is 6.54 Å². The predicted molar refractivity (Wildman–Crippen MR) is 93.0 cm³/mol. The maximum Gasteiger partial charge on any atom is 0.279 e. The van der Waals surface area contributed by atoms with Crippen molar-refractivity contribution in [2.24, 2.45) is 5.41 Å². The van der Waals surface area contributed by atoms with E-state index in [-0.39, 0.29) is 12.5 Å². The van der Waals surface area contributed by atoms with Crippen LogP contribution < -0.4 is 20.9 Å². The molecule has 0 aliphatic carbocycles. The van der Waals surface area contributed by atoms with Crippen LogP contribution in [0.3, 0.4) is 0 Å². The minimum Gasteiger partial charge on any atom is -0.481 e. The predicted octanol–water partition coefficient (Wildman–Crippen LogP) is 1.53. The van der Waals surface area contributed by atoms with Crippen LogP contribution in [-0.2, 0) is 14.4 Å². The molecule has 1 aromatic rings. The summed E-state index contributed by atoms with van der Waals surface area (Å²) in [6, 6.07) is 7.06. The van der Waals surface area contributed by atoms with Crippen molar-refractivity contribution in [1.29, 1.82) is 0 Å². The summed E-state index contributed by atoms with van der Waals surface area (Å²) in [6.45, 7) is 6.55. The van der Waals surface area contributed by atoms with Crippen LogP contribution in [-0.4, -0.2) is 30.4 Å². The molecule has 1 aromatic carbocycles. The van der Waals surface area contributed by atoms with Gasteiger partial charge in [0.25, 0.3) is 11.8 Å². The molecule has 0 aliphatic heterocycles. The highest BCUT2D eigenvalue weighted by molar-refractivity contribution is 9.10.